The van der Waals surface area contributed by atoms with E-state index in [2.05, 4.69) is 55.1 Å². The molecule has 0 spiro atoms. The van der Waals surface area contributed by atoms with Crippen LogP contribution in [0, 0.1) is 0 Å². The Morgan fingerprint density at radius 1 is 1.15 bits per heavy atom. The van der Waals surface area contributed by atoms with Crippen LogP contribution in [0.2, 0.25) is 0 Å². The number of aromatic amines is 1. The third-order valence-corrected chi connectivity index (χ3v) is 3.31. The van der Waals surface area contributed by atoms with Gasteiger partial charge in [0.1, 0.15) is 0 Å². The van der Waals surface area contributed by atoms with Gasteiger partial charge >= 0.3 is 0 Å². The van der Waals surface area contributed by atoms with E-state index in [0.29, 0.717) is 12.4 Å². The zero-order valence-corrected chi connectivity index (χ0v) is 11.2. The topological polar surface area (TPSA) is 79.0 Å². The fourth-order valence-corrected chi connectivity index (χ4v) is 2.22. The van der Waals surface area contributed by atoms with Crippen LogP contribution in [0.1, 0.15) is 11.4 Å². The second-order valence-electron chi connectivity index (χ2n) is 4.70. The van der Waals surface area contributed by atoms with Gasteiger partial charge in [-0.1, -0.05) is 17.3 Å². The number of rotatable bonds is 5. The minimum absolute atomic E-state index is 0.613. The number of benzene rings is 1. The Bertz CT molecular complexity index is 506. The molecule has 0 saturated carbocycles. The summed E-state index contributed by atoms with van der Waals surface area (Å²) >= 11 is 0. The molecule has 2 aromatic rings. The molecule has 1 aliphatic heterocycles. The van der Waals surface area contributed by atoms with Gasteiger partial charge < -0.3 is 15.0 Å². The standard InChI is InChI=1S/C13H18N6O/c1-3-12(19-5-7-20-8-6-19)4-2-11(1)9-14-10-13-15-17-18-16-13/h1-4,14H,5-10H2,(H,15,16,17,18). The molecule has 0 aliphatic carbocycles. The van der Waals surface area contributed by atoms with E-state index in [-0.39, 0.29) is 0 Å². The molecule has 0 amide bonds. The average molecular weight is 274 g/mol. The van der Waals surface area contributed by atoms with Crippen molar-refractivity contribution in [1.29, 1.82) is 0 Å². The van der Waals surface area contributed by atoms with E-state index in [1.807, 2.05) is 0 Å². The molecule has 1 saturated heterocycles. The van der Waals surface area contributed by atoms with Crippen molar-refractivity contribution in [2.45, 2.75) is 13.1 Å². The van der Waals surface area contributed by atoms with Gasteiger partial charge in [0, 0.05) is 25.3 Å². The SMILES string of the molecule is c1cc(N2CCOCC2)ccc1CNCc1nn[nH]n1. The maximum atomic E-state index is 5.36. The maximum absolute atomic E-state index is 5.36. The summed E-state index contributed by atoms with van der Waals surface area (Å²) in [5.74, 6) is 0.676. The third kappa shape index (κ3) is 3.31. The van der Waals surface area contributed by atoms with Crippen LogP contribution in [0.25, 0.3) is 0 Å². The van der Waals surface area contributed by atoms with E-state index in [0.717, 1.165) is 32.8 Å². The Hall–Kier alpha value is -1.99. The highest BCUT2D eigenvalue weighted by Crippen LogP contribution is 2.16. The van der Waals surface area contributed by atoms with E-state index >= 15 is 0 Å². The molecule has 0 unspecified atom stereocenters. The molecular formula is C13H18N6O. The minimum atomic E-state index is 0.613. The number of anilines is 1. The first kappa shape index (κ1) is 13.0. The van der Waals surface area contributed by atoms with E-state index in [1.165, 1.54) is 11.3 Å². The lowest BCUT2D eigenvalue weighted by Gasteiger charge is -2.28. The van der Waals surface area contributed by atoms with Crippen LogP contribution < -0.4 is 10.2 Å². The molecule has 1 aromatic heterocycles. The lowest BCUT2D eigenvalue weighted by atomic mass is 10.2. The number of nitrogens with zero attached hydrogens (tertiary/aromatic N) is 4. The Labute approximate surface area is 117 Å². The van der Waals surface area contributed by atoms with Gasteiger partial charge in [-0.15, -0.1) is 10.2 Å². The number of aromatic nitrogens is 4. The number of hydrogen-bond donors (Lipinski definition) is 2. The van der Waals surface area contributed by atoms with Gasteiger partial charge in [0.25, 0.3) is 0 Å². The first-order valence-electron chi connectivity index (χ1n) is 6.76. The summed E-state index contributed by atoms with van der Waals surface area (Å²) in [6.07, 6.45) is 0. The molecule has 20 heavy (non-hydrogen) atoms. The average Bonchev–Trinajstić information content (AvgIpc) is 3.02. The first-order chi connectivity index (χ1) is 9.92. The predicted molar refractivity (Wildman–Crippen MR) is 74.2 cm³/mol. The lowest BCUT2D eigenvalue weighted by Crippen LogP contribution is -2.36. The Morgan fingerprint density at radius 2 is 1.95 bits per heavy atom. The molecule has 7 nitrogen and oxygen atoms in total. The number of H-pyrrole nitrogens is 1. The van der Waals surface area contributed by atoms with E-state index < -0.39 is 0 Å². The molecule has 1 aromatic carbocycles. The fraction of sp³-hybridized carbons (Fsp3) is 0.462. The van der Waals surface area contributed by atoms with Gasteiger partial charge in [-0.05, 0) is 17.7 Å². The maximum Gasteiger partial charge on any atom is 0.188 e. The second-order valence-corrected chi connectivity index (χ2v) is 4.70. The van der Waals surface area contributed by atoms with Crippen LogP contribution in [0.4, 0.5) is 5.69 Å². The number of nitrogens with one attached hydrogen (secondary N) is 2. The molecule has 2 heterocycles. The lowest BCUT2D eigenvalue weighted by molar-refractivity contribution is 0.122. The number of hydrogen-bond acceptors (Lipinski definition) is 6. The van der Waals surface area contributed by atoms with Crippen molar-refractivity contribution in [2.24, 2.45) is 0 Å². The summed E-state index contributed by atoms with van der Waals surface area (Å²) in [5, 5.41) is 17.0. The summed E-state index contributed by atoms with van der Waals surface area (Å²) in [7, 11) is 0. The van der Waals surface area contributed by atoms with Crippen LogP contribution in [0.3, 0.4) is 0 Å². The molecule has 0 bridgehead atoms. The van der Waals surface area contributed by atoms with Crippen LogP contribution in [0.5, 0.6) is 0 Å². The largest absolute Gasteiger partial charge is 0.378 e. The van der Waals surface area contributed by atoms with E-state index in [9.17, 15) is 0 Å². The van der Waals surface area contributed by atoms with Crippen molar-refractivity contribution in [3.05, 3.63) is 35.7 Å². The number of ether oxygens (including phenoxy) is 1. The Balaban J connectivity index is 1.50. The van der Waals surface area contributed by atoms with Gasteiger partial charge in [0.2, 0.25) is 0 Å². The van der Waals surface area contributed by atoms with Crippen LogP contribution in [-0.4, -0.2) is 46.9 Å². The highest BCUT2D eigenvalue weighted by molar-refractivity contribution is 5.47. The first-order valence-corrected chi connectivity index (χ1v) is 6.76. The molecule has 1 aliphatic rings. The van der Waals surface area contributed by atoms with Gasteiger partial charge in [-0.25, -0.2) is 0 Å². The van der Waals surface area contributed by atoms with Gasteiger partial charge in [0.15, 0.2) is 5.82 Å². The number of tetrazole rings is 1. The third-order valence-electron chi connectivity index (χ3n) is 3.31. The number of morpholine rings is 1. The monoisotopic (exact) mass is 274 g/mol. The molecule has 106 valence electrons. The molecule has 1 fully saturated rings. The van der Waals surface area contributed by atoms with E-state index in [4.69, 9.17) is 4.74 Å². The summed E-state index contributed by atoms with van der Waals surface area (Å²) in [6.45, 7) is 4.96. The fourth-order valence-electron chi connectivity index (χ4n) is 2.22. The summed E-state index contributed by atoms with van der Waals surface area (Å²) in [4.78, 5) is 2.35. The zero-order valence-electron chi connectivity index (χ0n) is 11.2. The molecule has 2 N–H and O–H groups in total. The predicted octanol–water partition coefficient (Wildman–Crippen LogP) is 0.326. The molecular weight excluding hydrogens is 256 g/mol. The van der Waals surface area contributed by atoms with Crippen LogP contribution >= 0.6 is 0 Å². The van der Waals surface area contributed by atoms with Crippen molar-refractivity contribution in [1.82, 2.24) is 25.9 Å². The van der Waals surface area contributed by atoms with Crippen molar-refractivity contribution >= 4 is 5.69 Å². The summed E-state index contributed by atoms with van der Waals surface area (Å²) in [6, 6.07) is 8.62. The molecule has 7 heteroatoms. The van der Waals surface area contributed by atoms with Gasteiger partial charge in [-0.3, -0.25) is 0 Å². The Morgan fingerprint density at radius 3 is 2.65 bits per heavy atom. The van der Waals surface area contributed by atoms with E-state index in [1.54, 1.807) is 0 Å². The highest BCUT2D eigenvalue weighted by atomic mass is 16.5. The highest BCUT2D eigenvalue weighted by Gasteiger charge is 2.10. The minimum Gasteiger partial charge on any atom is -0.378 e. The van der Waals surface area contributed by atoms with Crippen LogP contribution in [-0.2, 0) is 17.8 Å². The van der Waals surface area contributed by atoms with Crippen molar-refractivity contribution in [2.75, 3.05) is 31.2 Å². The van der Waals surface area contributed by atoms with Crippen molar-refractivity contribution < 1.29 is 4.74 Å². The molecule has 3 rings (SSSR count). The normalized spacial score (nSPS) is 15.5. The van der Waals surface area contributed by atoms with Crippen molar-refractivity contribution in [3.8, 4) is 0 Å². The van der Waals surface area contributed by atoms with Crippen LogP contribution in [0.15, 0.2) is 24.3 Å². The summed E-state index contributed by atoms with van der Waals surface area (Å²) < 4.78 is 5.36. The molecule has 0 radical (unpaired) electrons. The van der Waals surface area contributed by atoms with Gasteiger partial charge in [-0.2, -0.15) is 5.21 Å². The van der Waals surface area contributed by atoms with Crippen molar-refractivity contribution in [3.63, 3.8) is 0 Å². The Kier molecular flexibility index (Phi) is 4.19. The molecule has 0 atom stereocenters. The smallest absolute Gasteiger partial charge is 0.188 e. The quantitative estimate of drug-likeness (QED) is 0.818. The summed E-state index contributed by atoms with van der Waals surface area (Å²) in [5.41, 5.74) is 2.50. The zero-order chi connectivity index (χ0) is 13.6. The van der Waals surface area contributed by atoms with Gasteiger partial charge in [0.05, 0.1) is 19.8 Å². The second kappa shape index (κ2) is 6.44.